The van der Waals surface area contributed by atoms with Gasteiger partial charge in [0.2, 0.25) is 0 Å². The second-order valence-electron chi connectivity index (χ2n) is 6.69. The van der Waals surface area contributed by atoms with Crippen LogP contribution >= 0.6 is 11.3 Å². The number of aromatic nitrogens is 1. The van der Waals surface area contributed by atoms with Crippen molar-refractivity contribution in [2.24, 2.45) is 0 Å². The zero-order chi connectivity index (χ0) is 14.4. The number of rotatable bonds is 3. The first-order valence-electron chi connectivity index (χ1n) is 8.44. The third kappa shape index (κ3) is 2.34. The molecule has 0 amide bonds. The van der Waals surface area contributed by atoms with E-state index in [9.17, 15) is 0 Å². The summed E-state index contributed by atoms with van der Waals surface area (Å²) in [5, 5.41) is 4.84. The second-order valence-corrected chi connectivity index (χ2v) is 7.75. The molecular formula is C16H26N4S. The quantitative estimate of drug-likeness (QED) is 0.927. The molecule has 2 fully saturated rings. The number of likely N-dealkylation sites (N-methyl/N-ethyl adjacent to an activating group) is 1. The molecule has 0 aliphatic carbocycles. The van der Waals surface area contributed by atoms with Crippen molar-refractivity contribution in [1.29, 1.82) is 0 Å². The van der Waals surface area contributed by atoms with E-state index in [-0.39, 0.29) is 0 Å². The van der Waals surface area contributed by atoms with Crippen LogP contribution < -0.4 is 5.32 Å². The van der Waals surface area contributed by atoms with Gasteiger partial charge in [0.05, 0.1) is 11.7 Å². The van der Waals surface area contributed by atoms with Crippen molar-refractivity contribution in [2.75, 3.05) is 33.2 Å². The third-order valence-corrected chi connectivity index (χ3v) is 6.88. The maximum absolute atomic E-state index is 5.10. The summed E-state index contributed by atoms with van der Waals surface area (Å²) < 4.78 is 0. The first-order valence-corrected chi connectivity index (χ1v) is 9.25. The van der Waals surface area contributed by atoms with Gasteiger partial charge in [-0.1, -0.05) is 6.92 Å². The Balaban J connectivity index is 1.61. The Morgan fingerprint density at radius 1 is 1.33 bits per heavy atom. The molecule has 21 heavy (non-hydrogen) atoms. The molecule has 0 radical (unpaired) electrons. The van der Waals surface area contributed by atoms with Crippen LogP contribution in [0.5, 0.6) is 0 Å². The minimum Gasteiger partial charge on any atom is -0.314 e. The normalized spacial score (nSPS) is 31.3. The predicted molar refractivity (Wildman–Crippen MR) is 86.8 cm³/mol. The molecule has 0 aromatic carbocycles. The van der Waals surface area contributed by atoms with Crippen molar-refractivity contribution in [3.8, 4) is 0 Å². The van der Waals surface area contributed by atoms with Crippen LogP contribution in [-0.2, 0) is 6.42 Å². The smallest absolute Gasteiger partial charge is 0.110 e. The molecule has 116 valence electrons. The van der Waals surface area contributed by atoms with Gasteiger partial charge in [0.25, 0.3) is 0 Å². The Bertz CT molecular complexity index is 508. The summed E-state index contributed by atoms with van der Waals surface area (Å²) in [5.41, 5.74) is 1.43. The van der Waals surface area contributed by atoms with Crippen molar-refractivity contribution in [3.05, 3.63) is 15.6 Å². The fourth-order valence-corrected chi connectivity index (χ4v) is 5.81. The lowest BCUT2D eigenvalue weighted by Gasteiger charge is -2.33. The molecule has 3 aliphatic rings. The summed E-state index contributed by atoms with van der Waals surface area (Å²) in [6.45, 7) is 6.87. The van der Waals surface area contributed by atoms with Crippen LogP contribution in [0.4, 0.5) is 0 Å². The van der Waals surface area contributed by atoms with Gasteiger partial charge in [-0.2, -0.15) is 0 Å². The molecule has 3 atom stereocenters. The number of nitrogens with zero attached hydrogens (tertiary/aromatic N) is 3. The largest absolute Gasteiger partial charge is 0.314 e. The zero-order valence-electron chi connectivity index (χ0n) is 13.1. The average Bonchev–Trinajstić information content (AvgIpc) is 3.02. The molecule has 1 aromatic heterocycles. The summed E-state index contributed by atoms with van der Waals surface area (Å²) in [5.74, 6) is 0. The zero-order valence-corrected chi connectivity index (χ0v) is 14.0. The predicted octanol–water partition coefficient (Wildman–Crippen LogP) is 2.19. The molecule has 4 nitrogen and oxygen atoms in total. The molecule has 3 unspecified atom stereocenters. The number of piperazine rings is 1. The fraction of sp³-hybridized carbons (Fsp3) is 0.812. The van der Waals surface area contributed by atoms with Crippen LogP contribution in [0.3, 0.4) is 0 Å². The molecular weight excluding hydrogens is 280 g/mol. The highest BCUT2D eigenvalue weighted by Gasteiger charge is 2.40. The van der Waals surface area contributed by atoms with Crippen LogP contribution in [0.1, 0.15) is 53.8 Å². The van der Waals surface area contributed by atoms with E-state index in [1.165, 1.54) is 36.4 Å². The second kappa shape index (κ2) is 5.61. The molecule has 1 aromatic rings. The van der Waals surface area contributed by atoms with E-state index in [1.807, 2.05) is 11.3 Å². The number of fused-ring (bicyclic) bond motifs is 4. The van der Waals surface area contributed by atoms with Crippen LogP contribution in [0.15, 0.2) is 0 Å². The summed E-state index contributed by atoms with van der Waals surface area (Å²) in [6, 6.07) is 1.94. The topological polar surface area (TPSA) is 31.4 Å². The molecule has 2 saturated heterocycles. The van der Waals surface area contributed by atoms with Gasteiger partial charge in [0, 0.05) is 49.6 Å². The van der Waals surface area contributed by atoms with Crippen LogP contribution in [0, 0.1) is 0 Å². The first-order chi connectivity index (χ1) is 10.3. The van der Waals surface area contributed by atoms with E-state index in [1.54, 1.807) is 4.88 Å². The van der Waals surface area contributed by atoms with Gasteiger partial charge in [-0.05, 0) is 26.3 Å². The number of nitrogens with one attached hydrogen (secondary N) is 1. The van der Waals surface area contributed by atoms with E-state index >= 15 is 0 Å². The maximum Gasteiger partial charge on any atom is 0.110 e. The Morgan fingerprint density at radius 2 is 2.14 bits per heavy atom. The summed E-state index contributed by atoms with van der Waals surface area (Å²) >= 11 is 2.01. The van der Waals surface area contributed by atoms with Gasteiger partial charge >= 0.3 is 0 Å². The van der Waals surface area contributed by atoms with Gasteiger partial charge in [-0.25, -0.2) is 4.98 Å². The lowest BCUT2D eigenvalue weighted by Crippen LogP contribution is -2.45. The molecule has 5 heteroatoms. The Kier molecular flexibility index (Phi) is 3.78. The van der Waals surface area contributed by atoms with Crippen molar-refractivity contribution >= 4 is 11.3 Å². The fourth-order valence-electron chi connectivity index (χ4n) is 4.31. The Hall–Kier alpha value is -0.490. The number of thiazole rings is 1. The highest BCUT2D eigenvalue weighted by Crippen LogP contribution is 2.46. The van der Waals surface area contributed by atoms with Crippen molar-refractivity contribution < 1.29 is 0 Å². The first kappa shape index (κ1) is 14.1. The van der Waals surface area contributed by atoms with Gasteiger partial charge in [0.15, 0.2) is 0 Å². The van der Waals surface area contributed by atoms with E-state index in [2.05, 4.69) is 29.1 Å². The monoisotopic (exact) mass is 306 g/mol. The van der Waals surface area contributed by atoms with E-state index in [0.717, 1.165) is 32.2 Å². The van der Waals surface area contributed by atoms with Gasteiger partial charge in [0.1, 0.15) is 5.01 Å². The highest BCUT2D eigenvalue weighted by atomic mass is 32.1. The summed E-state index contributed by atoms with van der Waals surface area (Å²) in [6.07, 6.45) is 5.04. The average molecular weight is 306 g/mol. The summed E-state index contributed by atoms with van der Waals surface area (Å²) in [4.78, 5) is 11.9. The highest BCUT2D eigenvalue weighted by molar-refractivity contribution is 7.12. The Labute approximate surface area is 131 Å². The standard InChI is InChI=1S/C16H26N4S/c1-3-13(20-8-6-17-7-9-20)16-18-12-10-11-4-5-14(19(11)2)15(12)21-16/h11,13-14,17H,3-10H2,1-2H3. The van der Waals surface area contributed by atoms with Gasteiger partial charge in [-0.3, -0.25) is 9.80 Å². The minimum absolute atomic E-state index is 0.534. The maximum atomic E-state index is 5.10. The van der Waals surface area contributed by atoms with Crippen molar-refractivity contribution in [1.82, 2.24) is 20.1 Å². The molecule has 0 spiro atoms. The van der Waals surface area contributed by atoms with Crippen molar-refractivity contribution in [2.45, 2.75) is 50.7 Å². The molecule has 4 heterocycles. The van der Waals surface area contributed by atoms with Crippen LogP contribution in [0.25, 0.3) is 0 Å². The van der Waals surface area contributed by atoms with Crippen LogP contribution in [0.2, 0.25) is 0 Å². The number of hydrogen-bond acceptors (Lipinski definition) is 5. The molecule has 4 rings (SSSR count). The lowest BCUT2D eigenvalue weighted by atomic mass is 10.1. The van der Waals surface area contributed by atoms with Crippen molar-refractivity contribution in [3.63, 3.8) is 0 Å². The van der Waals surface area contributed by atoms with E-state index in [4.69, 9.17) is 4.98 Å². The number of hydrogen-bond donors (Lipinski definition) is 1. The van der Waals surface area contributed by atoms with Gasteiger partial charge in [-0.15, -0.1) is 11.3 Å². The molecule has 1 N–H and O–H groups in total. The SMILES string of the molecule is CCC(c1nc2c(s1)C1CCC(C2)N1C)N1CCNCC1. The van der Waals surface area contributed by atoms with Crippen LogP contribution in [-0.4, -0.2) is 54.1 Å². The van der Waals surface area contributed by atoms with Gasteiger partial charge < -0.3 is 5.32 Å². The molecule has 2 bridgehead atoms. The van der Waals surface area contributed by atoms with E-state index < -0.39 is 0 Å². The van der Waals surface area contributed by atoms with E-state index in [0.29, 0.717) is 12.1 Å². The molecule has 3 aliphatic heterocycles. The lowest BCUT2D eigenvalue weighted by molar-refractivity contribution is 0.169. The summed E-state index contributed by atoms with van der Waals surface area (Å²) in [7, 11) is 2.30. The molecule has 0 saturated carbocycles. The minimum atomic E-state index is 0.534. The third-order valence-electron chi connectivity index (χ3n) is 5.58. The Morgan fingerprint density at radius 3 is 2.90 bits per heavy atom.